The SMILES string of the molecule is COc1ccc(C[C@@H](C)N(C)Cc2nsc(N(C)C)n2)cc1. The Morgan fingerprint density at radius 3 is 2.41 bits per heavy atom. The van der Waals surface area contributed by atoms with Crippen LogP contribution in [0.5, 0.6) is 5.75 Å². The molecule has 0 aliphatic rings. The van der Waals surface area contributed by atoms with Crippen molar-refractivity contribution in [2.24, 2.45) is 0 Å². The molecule has 0 unspecified atom stereocenters. The third-order valence-corrected chi connectivity index (χ3v) is 4.60. The van der Waals surface area contributed by atoms with Gasteiger partial charge in [0.05, 0.1) is 13.7 Å². The first kappa shape index (κ1) is 16.7. The number of hydrogen-bond acceptors (Lipinski definition) is 6. The summed E-state index contributed by atoms with van der Waals surface area (Å²) in [5.74, 6) is 1.78. The molecule has 0 radical (unpaired) electrons. The van der Waals surface area contributed by atoms with Gasteiger partial charge in [0.15, 0.2) is 5.82 Å². The van der Waals surface area contributed by atoms with Crippen molar-refractivity contribution in [2.75, 3.05) is 33.2 Å². The minimum absolute atomic E-state index is 0.416. The van der Waals surface area contributed by atoms with Crippen molar-refractivity contribution in [1.82, 2.24) is 14.3 Å². The van der Waals surface area contributed by atoms with E-state index in [1.54, 1.807) is 7.11 Å². The summed E-state index contributed by atoms with van der Waals surface area (Å²) in [6.45, 7) is 2.99. The molecule has 0 fully saturated rings. The molecular weight excluding hydrogens is 296 g/mol. The van der Waals surface area contributed by atoms with E-state index in [9.17, 15) is 0 Å². The largest absolute Gasteiger partial charge is 0.497 e. The predicted molar refractivity (Wildman–Crippen MR) is 91.9 cm³/mol. The van der Waals surface area contributed by atoms with Gasteiger partial charge >= 0.3 is 0 Å². The molecule has 0 saturated heterocycles. The third-order valence-electron chi connectivity index (χ3n) is 3.67. The molecule has 120 valence electrons. The van der Waals surface area contributed by atoms with Crippen LogP contribution in [0.15, 0.2) is 24.3 Å². The van der Waals surface area contributed by atoms with E-state index < -0.39 is 0 Å². The van der Waals surface area contributed by atoms with Crippen LogP contribution in [0.1, 0.15) is 18.3 Å². The maximum absolute atomic E-state index is 5.19. The molecule has 0 aliphatic carbocycles. The van der Waals surface area contributed by atoms with Gasteiger partial charge in [-0.1, -0.05) is 12.1 Å². The zero-order valence-corrected chi connectivity index (χ0v) is 14.7. The molecule has 1 heterocycles. The molecular formula is C16H24N4OS. The molecule has 1 aromatic carbocycles. The Morgan fingerprint density at radius 2 is 1.86 bits per heavy atom. The number of hydrogen-bond donors (Lipinski definition) is 0. The van der Waals surface area contributed by atoms with E-state index in [-0.39, 0.29) is 0 Å². The number of benzene rings is 1. The first-order valence-corrected chi connectivity index (χ1v) is 8.10. The Bertz CT molecular complexity index is 582. The number of anilines is 1. The smallest absolute Gasteiger partial charge is 0.204 e. The van der Waals surface area contributed by atoms with Crippen LogP contribution in [-0.2, 0) is 13.0 Å². The molecule has 0 aliphatic heterocycles. The fourth-order valence-corrected chi connectivity index (χ4v) is 2.72. The fraction of sp³-hybridized carbons (Fsp3) is 0.500. The highest BCUT2D eigenvalue weighted by atomic mass is 32.1. The van der Waals surface area contributed by atoms with Crippen molar-refractivity contribution in [3.8, 4) is 5.75 Å². The summed E-state index contributed by atoms with van der Waals surface area (Å²) in [4.78, 5) is 8.81. The van der Waals surface area contributed by atoms with Crippen LogP contribution in [0, 0.1) is 0 Å². The summed E-state index contributed by atoms with van der Waals surface area (Å²) in [6.07, 6.45) is 0.991. The lowest BCUT2D eigenvalue weighted by atomic mass is 10.1. The standard InChI is InChI=1S/C16H24N4OS/c1-12(10-13-6-8-14(21-5)9-7-13)20(4)11-15-17-16(19(2)3)22-18-15/h6-9,12H,10-11H2,1-5H3/t12-/m1/s1. The second kappa shape index (κ2) is 7.56. The Balaban J connectivity index is 1.91. The number of methoxy groups -OCH3 is 1. The zero-order valence-electron chi connectivity index (χ0n) is 13.9. The number of aromatic nitrogens is 2. The molecule has 22 heavy (non-hydrogen) atoms. The minimum Gasteiger partial charge on any atom is -0.497 e. The summed E-state index contributed by atoms with van der Waals surface area (Å²) in [6, 6.07) is 8.67. The van der Waals surface area contributed by atoms with Gasteiger partial charge in [0.2, 0.25) is 5.13 Å². The zero-order chi connectivity index (χ0) is 16.1. The van der Waals surface area contributed by atoms with E-state index in [1.165, 1.54) is 17.1 Å². The highest BCUT2D eigenvalue weighted by Crippen LogP contribution is 2.17. The lowest BCUT2D eigenvalue weighted by molar-refractivity contribution is 0.243. The highest BCUT2D eigenvalue weighted by molar-refractivity contribution is 7.09. The van der Waals surface area contributed by atoms with Crippen LogP contribution in [0.2, 0.25) is 0 Å². The fourth-order valence-electron chi connectivity index (χ4n) is 2.13. The summed E-state index contributed by atoms with van der Waals surface area (Å²) < 4.78 is 9.61. The Morgan fingerprint density at radius 1 is 1.18 bits per heavy atom. The van der Waals surface area contributed by atoms with E-state index in [4.69, 9.17) is 4.74 Å². The Labute approximate surface area is 136 Å². The van der Waals surface area contributed by atoms with Crippen LogP contribution in [0.4, 0.5) is 5.13 Å². The van der Waals surface area contributed by atoms with Gasteiger partial charge in [-0.3, -0.25) is 4.90 Å². The van der Waals surface area contributed by atoms with Crippen molar-refractivity contribution in [2.45, 2.75) is 25.9 Å². The average molecular weight is 320 g/mol. The summed E-state index contributed by atoms with van der Waals surface area (Å²) >= 11 is 1.44. The lowest BCUT2D eigenvalue weighted by Gasteiger charge is -2.23. The van der Waals surface area contributed by atoms with E-state index in [1.807, 2.05) is 31.1 Å². The predicted octanol–water partition coefficient (Wildman–Crippen LogP) is 2.68. The van der Waals surface area contributed by atoms with Gasteiger partial charge in [0.25, 0.3) is 0 Å². The first-order valence-electron chi connectivity index (χ1n) is 7.32. The first-order chi connectivity index (χ1) is 10.5. The molecule has 0 N–H and O–H groups in total. The number of ether oxygens (including phenoxy) is 1. The van der Waals surface area contributed by atoms with Gasteiger partial charge < -0.3 is 9.64 Å². The van der Waals surface area contributed by atoms with Crippen molar-refractivity contribution in [3.05, 3.63) is 35.7 Å². The molecule has 0 bridgehead atoms. The van der Waals surface area contributed by atoms with Gasteiger partial charge in [0, 0.05) is 31.7 Å². The Kier molecular flexibility index (Phi) is 5.74. The topological polar surface area (TPSA) is 41.5 Å². The van der Waals surface area contributed by atoms with Crippen LogP contribution in [-0.4, -0.2) is 48.6 Å². The molecule has 0 amide bonds. The van der Waals surface area contributed by atoms with Crippen molar-refractivity contribution in [3.63, 3.8) is 0 Å². The normalized spacial score (nSPS) is 12.5. The molecule has 2 aromatic rings. The Hall–Kier alpha value is -1.66. The van der Waals surface area contributed by atoms with Gasteiger partial charge in [-0.2, -0.15) is 4.37 Å². The van der Waals surface area contributed by atoms with Crippen LogP contribution >= 0.6 is 11.5 Å². The molecule has 6 heteroatoms. The van der Waals surface area contributed by atoms with Gasteiger partial charge in [-0.25, -0.2) is 4.98 Å². The molecule has 0 saturated carbocycles. The summed E-state index contributed by atoms with van der Waals surface area (Å²) in [7, 11) is 7.78. The second-order valence-electron chi connectivity index (χ2n) is 5.70. The average Bonchev–Trinajstić information content (AvgIpc) is 2.96. The van der Waals surface area contributed by atoms with E-state index in [2.05, 4.69) is 40.4 Å². The molecule has 5 nitrogen and oxygen atoms in total. The molecule has 2 rings (SSSR count). The van der Waals surface area contributed by atoms with Crippen molar-refractivity contribution in [1.29, 1.82) is 0 Å². The maximum atomic E-state index is 5.19. The highest BCUT2D eigenvalue weighted by Gasteiger charge is 2.14. The van der Waals surface area contributed by atoms with Crippen LogP contribution in [0.25, 0.3) is 0 Å². The molecule has 1 atom stereocenters. The van der Waals surface area contributed by atoms with E-state index in [0.29, 0.717) is 6.04 Å². The number of likely N-dealkylation sites (N-methyl/N-ethyl adjacent to an activating group) is 1. The van der Waals surface area contributed by atoms with Crippen LogP contribution in [0.3, 0.4) is 0 Å². The van der Waals surface area contributed by atoms with Crippen molar-refractivity contribution >= 4 is 16.7 Å². The van der Waals surface area contributed by atoms with Gasteiger partial charge in [0.1, 0.15) is 5.75 Å². The lowest BCUT2D eigenvalue weighted by Crippen LogP contribution is -2.30. The molecule has 1 aromatic heterocycles. The summed E-state index contributed by atoms with van der Waals surface area (Å²) in [5, 5.41) is 0.950. The second-order valence-corrected chi connectivity index (χ2v) is 6.43. The van der Waals surface area contributed by atoms with Gasteiger partial charge in [-0.15, -0.1) is 0 Å². The quantitative estimate of drug-likeness (QED) is 0.784. The third kappa shape index (κ3) is 4.42. The minimum atomic E-state index is 0.416. The van der Waals surface area contributed by atoms with Crippen LogP contribution < -0.4 is 9.64 Å². The van der Waals surface area contributed by atoms with Crippen molar-refractivity contribution < 1.29 is 4.74 Å². The monoisotopic (exact) mass is 320 g/mol. The molecule has 0 spiro atoms. The van der Waals surface area contributed by atoms with E-state index in [0.717, 1.165) is 29.7 Å². The van der Waals surface area contributed by atoms with Gasteiger partial charge in [-0.05, 0) is 38.1 Å². The van der Waals surface area contributed by atoms with E-state index >= 15 is 0 Å². The summed E-state index contributed by atoms with van der Waals surface area (Å²) in [5.41, 5.74) is 1.31. The number of nitrogens with zero attached hydrogens (tertiary/aromatic N) is 4. The number of rotatable bonds is 7. The maximum Gasteiger partial charge on any atom is 0.204 e.